The molecule has 6 nitrogen and oxygen atoms in total. The van der Waals surface area contributed by atoms with Gasteiger partial charge in [-0.05, 0) is 19.8 Å². The van der Waals surface area contributed by atoms with E-state index in [-0.39, 0.29) is 0 Å². The summed E-state index contributed by atoms with van der Waals surface area (Å²) in [5, 5.41) is 18.1. The number of aromatic nitrogens is 4. The van der Waals surface area contributed by atoms with Crippen molar-refractivity contribution in [1.29, 1.82) is 0 Å². The number of piperidine rings is 1. The minimum absolute atomic E-state index is 0.590. The summed E-state index contributed by atoms with van der Waals surface area (Å²) in [5.41, 5.74) is 0.0949. The Hall–Kier alpha value is -1.69. The van der Waals surface area contributed by atoms with Crippen LogP contribution in [0, 0.1) is 0 Å². The molecule has 0 aromatic carbocycles. The van der Waals surface area contributed by atoms with Gasteiger partial charge in [-0.15, -0.1) is 10.2 Å². The summed E-state index contributed by atoms with van der Waals surface area (Å²) in [6.45, 7) is 3.35. The van der Waals surface area contributed by atoms with Crippen LogP contribution < -0.4 is 4.90 Å². The zero-order valence-electron chi connectivity index (χ0n) is 9.74. The summed E-state index contributed by atoms with van der Waals surface area (Å²) in [5.74, 6) is 0.796. The number of aliphatic hydroxyl groups is 1. The van der Waals surface area contributed by atoms with Gasteiger partial charge in [0.2, 0.25) is 5.65 Å². The number of hydrogen-bond acceptors (Lipinski definition) is 5. The largest absolute Gasteiger partial charge is 0.388 e. The molecule has 1 unspecified atom stereocenters. The van der Waals surface area contributed by atoms with E-state index in [1.165, 1.54) is 0 Å². The minimum atomic E-state index is -0.646. The van der Waals surface area contributed by atoms with E-state index in [1.54, 1.807) is 12.5 Å². The molecule has 1 aliphatic rings. The van der Waals surface area contributed by atoms with Crippen molar-refractivity contribution in [2.75, 3.05) is 18.0 Å². The predicted octanol–water partition coefficient (Wildman–Crippen LogP) is 0.476. The SMILES string of the molecule is CC1(O)CCCN(c2nccn3cnnc23)C1. The van der Waals surface area contributed by atoms with Gasteiger partial charge in [0.25, 0.3) is 0 Å². The Morgan fingerprint density at radius 3 is 3.18 bits per heavy atom. The number of rotatable bonds is 1. The van der Waals surface area contributed by atoms with Crippen molar-refractivity contribution in [3.63, 3.8) is 0 Å². The van der Waals surface area contributed by atoms with Gasteiger partial charge < -0.3 is 10.0 Å². The second kappa shape index (κ2) is 3.66. The van der Waals surface area contributed by atoms with Crippen LogP contribution in [0.15, 0.2) is 18.7 Å². The highest BCUT2D eigenvalue weighted by molar-refractivity contribution is 5.63. The summed E-state index contributed by atoms with van der Waals surface area (Å²) in [6, 6.07) is 0. The molecule has 3 rings (SSSR count). The van der Waals surface area contributed by atoms with Crippen molar-refractivity contribution >= 4 is 11.5 Å². The molecule has 1 atom stereocenters. The fourth-order valence-corrected chi connectivity index (χ4v) is 2.37. The lowest BCUT2D eigenvalue weighted by molar-refractivity contribution is 0.0447. The molecule has 0 amide bonds. The van der Waals surface area contributed by atoms with Gasteiger partial charge >= 0.3 is 0 Å². The van der Waals surface area contributed by atoms with E-state index in [4.69, 9.17) is 0 Å². The molecule has 2 aromatic heterocycles. The van der Waals surface area contributed by atoms with Crippen LogP contribution >= 0.6 is 0 Å². The van der Waals surface area contributed by atoms with Crippen LogP contribution in [0.25, 0.3) is 5.65 Å². The standard InChI is InChI=1S/C11H15N5O/c1-11(17)3-2-5-15(7-11)9-10-14-13-8-16(10)6-4-12-9/h4,6,8,17H,2-3,5,7H2,1H3. The van der Waals surface area contributed by atoms with Crippen LogP contribution in [-0.2, 0) is 0 Å². The van der Waals surface area contributed by atoms with Crippen molar-refractivity contribution < 1.29 is 5.11 Å². The van der Waals surface area contributed by atoms with Crippen LogP contribution in [0.4, 0.5) is 5.82 Å². The molecule has 3 heterocycles. The van der Waals surface area contributed by atoms with E-state index in [0.29, 0.717) is 6.54 Å². The van der Waals surface area contributed by atoms with Crippen molar-refractivity contribution in [2.45, 2.75) is 25.4 Å². The number of nitrogens with zero attached hydrogens (tertiary/aromatic N) is 5. The van der Waals surface area contributed by atoms with Gasteiger partial charge in [-0.2, -0.15) is 0 Å². The quantitative estimate of drug-likeness (QED) is 0.775. The van der Waals surface area contributed by atoms with E-state index in [2.05, 4.69) is 20.1 Å². The summed E-state index contributed by atoms with van der Waals surface area (Å²) < 4.78 is 1.84. The molecular weight excluding hydrogens is 218 g/mol. The normalized spacial score (nSPS) is 25.4. The molecular formula is C11H15N5O. The van der Waals surface area contributed by atoms with Crippen LogP contribution in [-0.4, -0.2) is 43.4 Å². The Morgan fingerprint density at radius 1 is 1.47 bits per heavy atom. The van der Waals surface area contributed by atoms with Crippen LogP contribution in [0.5, 0.6) is 0 Å². The predicted molar refractivity (Wildman–Crippen MR) is 62.9 cm³/mol. The molecule has 90 valence electrons. The van der Waals surface area contributed by atoms with E-state index >= 15 is 0 Å². The van der Waals surface area contributed by atoms with Gasteiger partial charge in [0.05, 0.1) is 5.60 Å². The fraction of sp³-hybridized carbons (Fsp3) is 0.545. The van der Waals surface area contributed by atoms with Crippen LogP contribution in [0.3, 0.4) is 0 Å². The Kier molecular flexibility index (Phi) is 2.25. The van der Waals surface area contributed by atoms with Crippen molar-refractivity contribution in [3.8, 4) is 0 Å². The fourth-order valence-electron chi connectivity index (χ4n) is 2.37. The van der Waals surface area contributed by atoms with Crippen LogP contribution in [0.2, 0.25) is 0 Å². The summed E-state index contributed by atoms with van der Waals surface area (Å²) >= 11 is 0. The molecule has 0 spiro atoms. The molecule has 1 fully saturated rings. The van der Waals surface area contributed by atoms with E-state index in [0.717, 1.165) is 30.9 Å². The molecule has 0 radical (unpaired) electrons. The molecule has 1 saturated heterocycles. The van der Waals surface area contributed by atoms with Crippen LogP contribution in [0.1, 0.15) is 19.8 Å². The smallest absolute Gasteiger partial charge is 0.203 e. The molecule has 6 heteroatoms. The molecule has 0 saturated carbocycles. The van der Waals surface area contributed by atoms with E-state index in [1.807, 2.05) is 17.5 Å². The minimum Gasteiger partial charge on any atom is -0.388 e. The third-order valence-corrected chi connectivity index (χ3v) is 3.17. The van der Waals surface area contributed by atoms with E-state index in [9.17, 15) is 5.11 Å². The topological polar surface area (TPSA) is 66.5 Å². The average molecular weight is 233 g/mol. The third-order valence-electron chi connectivity index (χ3n) is 3.17. The first-order valence-electron chi connectivity index (χ1n) is 5.77. The Bertz CT molecular complexity index is 535. The lowest BCUT2D eigenvalue weighted by Crippen LogP contribution is -2.46. The lowest BCUT2D eigenvalue weighted by Gasteiger charge is -2.37. The van der Waals surface area contributed by atoms with E-state index < -0.39 is 5.60 Å². The molecule has 0 bridgehead atoms. The highest BCUT2D eigenvalue weighted by Gasteiger charge is 2.30. The Balaban J connectivity index is 2.00. The number of anilines is 1. The average Bonchev–Trinajstić information content (AvgIpc) is 2.75. The Labute approximate surface area is 98.9 Å². The van der Waals surface area contributed by atoms with Gasteiger partial charge in [0.15, 0.2) is 5.82 Å². The maximum absolute atomic E-state index is 10.1. The Morgan fingerprint density at radius 2 is 2.35 bits per heavy atom. The summed E-state index contributed by atoms with van der Waals surface area (Å²) in [4.78, 5) is 6.44. The van der Waals surface area contributed by atoms with Gasteiger partial charge in [-0.1, -0.05) is 0 Å². The monoisotopic (exact) mass is 233 g/mol. The number of fused-ring (bicyclic) bond motifs is 1. The van der Waals surface area contributed by atoms with Crippen molar-refractivity contribution in [3.05, 3.63) is 18.7 Å². The van der Waals surface area contributed by atoms with Crippen molar-refractivity contribution in [1.82, 2.24) is 19.6 Å². The third kappa shape index (κ3) is 1.84. The van der Waals surface area contributed by atoms with Gasteiger partial charge in [0.1, 0.15) is 6.33 Å². The lowest BCUT2D eigenvalue weighted by atomic mass is 9.95. The zero-order valence-corrected chi connectivity index (χ0v) is 9.74. The summed E-state index contributed by atoms with van der Waals surface area (Å²) in [7, 11) is 0. The molecule has 1 aliphatic heterocycles. The molecule has 2 aromatic rings. The summed E-state index contributed by atoms with van der Waals surface area (Å²) in [6.07, 6.45) is 7.00. The molecule has 17 heavy (non-hydrogen) atoms. The van der Waals surface area contributed by atoms with Crippen molar-refractivity contribution in [2.24, 2.45) is 0 Å². The maximum Gasteiger partial charge on any atom is 0.203 e. The van der Waals surface area contributed by atoms with Gasteiger partial charge in [-0.3, -0.25) is 4.40 Å². The zero-order chi connectivity index (χ0) is 11.9. The number of β-amino-alcohol motifs (C(OH)–C–C–N with tert-alkyl or cyclic N) is 1. The number of hydrogen-bond donors (Lipinski definition) is 1. The van der Waals surface area contributed by atoms with Gasteiger partial charge in [0, 0.05) is 25.5 Å². The first-order valence-corrected chi connectivity index (χ1v) is 5.77. The molecule has 1 N–H and O–H groups in total. The highest BCUT2D eigenvalue weighted by atomic mass is 16.3. The first kappa shape index (κ1) is 10.5. The van der Waals surface area contributed by atoms with Gasteiger partial charge in [-0.25, -0.2) is 4.98 Å². The second-order valence-corrected chi connectivity index (χ2v) is 4.83. The molecule has 0 aliphatic carbocycles. The maximum atomic E-state index is 10.1. The first-order chi connectivity index (χ1) is 8.16. The second-order valence-electron chi connectivity index (χ2n) is 4.83. The highest BCUT2D eigenvalue weighted by Crippen LogP contribution is 2.25.